The van der Waals surface area contributed by atoms with E-state index in [-0.39, 0.29) is 6.10 Å². The van der Waals surface area contributed by atoms with Gasteiger partial charge in [-0.1, -0.05) is 0 Å². The van der Waals surface area contributed by atoms with Crippen molar-refractivity contribution >= 4 is 11.5 Å². The van der Waals surface area contributed by atoms with Crippen LogP contribution in [0.5, 0.6) is 0 Å². The summed E-state index contributed by atoms with van der Waals surface area (Å²) in [4.78, 5) is 6.43. The number of nitrogen functional groups attached to an aromatic ring is 2. The number of rotatable bonds is 2. The van der Waals surface area contributed by atoms with Gasteiger partial charge >= 0.3 is 0 Å². The summed E-state index contributed by atoms with van der Waals surface area (Å²) in [5.74, 6) is 0.297. The predicted molar refractivity (Wildman–Crippen MR) is 42.8 cm³/mol. The van der Waals surface area contributed by atoms with Crippen molar-refractivity contribution in [3.63, 3.8) is 0 Å². The van der Waals surface area contributed by atoms with Crippen LogP contribution in [0.2, 0.25) is 0 Å². The van der Waals surface area contributed by atoms with Gasteiger partial charge < -0.3 is 16.3 Å². The Morgan fingerprint density at radius 3 is 2.55 bits per heavy atom. The molecule has 0 saturated heterocycles. The van der Waals surface area contributed by atoms with E-state index >= 15 is 0 Å². The van der Waals surface area contributed by atoms with E-state index in [1.165, 1.54) is 11.0 Å². The fourth-order valence-corrected chi connectivity index (χ4v) is 0.648. The van der Waals surface area contributed by atoms with E-state index in [2.05, 4.69) is 5.10 Å². The van der Waals surface area contributed by atoms with E-state index < -0.39 is 0 Å². The second-order valence-electron chi connectivity index (χ2n) is 2.53. The molecule has 1 rings (SSSR count). The maximum atomic E-state index is 5.43. The third-order valence-corrected chi connectivity index (χ3v) is 1.07. The number of nitrogens with zero attached hydrogens (tertiary/aromatic N) is 2. The van der Waals surface area contributed by atoms with Crippen molar-refractivity contribution in [2.75, 3.05) is 11.5 Å². The average molecular weight is 156 g/mol. The molecule has 0 bridgehead atoms. The van der Waals surface area contributed by atoms with E-state index in [4.69, 9.17) is 16.3 Å². The summed E-state index contributed by atoms with van der Waals surface area (Å²) >= 11 is 0. The van der Waals surface area contributed by atoms with E-state index in [0.29, 0.717) is 11.5 Å². The number of nitrogens with two attached hydrogens (primary N) is 2. The minimum Gasteiger partial charge on any atom is -0.394 e. The molecule has 0 amide bonds. The SMILES string of the molecule is CC(C)On1cc(N)c(N)n1. The predicted octanol–water partition coefficient (Wildman–Crippen LogP) is -0.116. The summed E-state index contributed by atoms with van der Waals surface area (Å²) in [6.45, 7) is 3.79. The van der Waals surface area contributed by atoms with Gasteiger partial charge in [0.1, 0.15) is 6.10 Å². The van der Waals surface area contributed by atoms with E-state index in [1.807, 2.05) is 13.8 Å². The number of hydrogen-bond acceptors (Lipinski definition) is 4. The highest BCUT2D eigenvalue weighted by atomic mass is 16.7. The second kappa shape index (κ2) is 2.69. The summed E-state index contributed by atoms with van der Waals surface area (Å²) in [6.07, 6.45) is 1.60. The lowest BCUT2D eigenvalue weighted by Crippen LogP contribution is -2.19. The van der Waals surface area contributed by atoms with Gasteiger partial charge in [0.15, 0.2) is 5.82 Å². The number of anilines is 2. The van der Waals surface area contributed by atoms with Crippen LogP contribution in [-0.4, -0.2) is 16.0 Å². The first kappa shape index (κ1) is 7.71. The molecule has 11 heavy (non-hydrogen) atoms. The van der Waals surface area contributed by atoms with Crippen molar-refractivity contribution in [2.24, 2.45) is 0 Å². The third-order valence-electron chi connectivity index (χ3n) is 1.07. The first-order valence-electron chi connectivity index (χ1n) is 3.37. The molecule has 4 N–H and O–H groups in total. The van der Waals surface area contributed by atoms with Crippen molar-refractivity contribution in [1.82, 2.24) is 9.94 Å². The first-order valence-corrected chi connectivity index (χ1v) is 3.37. The molecule has 0 aliphatic rings. The lowest BCUT2D eigenvalue weighted by Gasteiger charge is -2.06. The Balaban J connectivity index is 2.73. The van der Waals surface area contributed by atoms with Crippen molar-refractivity contribution in [1.29, 1.82) is 0 Å². The zero-order valence-electron chi connectivity index (χ0n) is 6.61. The van der Waals surface area contributed by atoms with Crippen LogP contribution in [0.25, 0.3) is 0 Å². The highest BCUT2D eigenvalue weighted by Gasteiger charge is 2.02. The fourth-order valence-electron chi connectivity index (χ4n) is 0.648. The second-order valence-corrected chi connectivity index (χ2v) is 2.53. The molecule has 0 unspecified atom stereocenters. The molecular weight excluding hydrogens is 144 g/mol. The van der Waals surface area contributed by atoms with Crippen LogP contribution < -0.4 is 16.3 Å². The molecule has 0 radical (unpaired) electrons. The molecule has 0 aliphatic heterocycles. The molecule has 1 heterocycles. The Morgan fingerprint density at radius 1 is 1.55 bits per heavy atom. The van der Waals surface area contributed by atoms with E-state index in [9.17, 15) is 0 Å². The summed E-state index contributed by atoms with van der Waals surface area (Å²) < 4.78 is 0. The largest absolute Gasteiger partial charge is 0.394 e. The Bertz CT molecular complexity index is 223. The normalized spacial score (nSPS) is 10.5. The minimum atomic E-state index is 0.0636. The average Bonchev–Trinajstić information content (AvgIpc) is 2.10. The monoisotopic (exact) mass is 156 g/mol. The Morgan fingerprint density at radius 2 is 2.18 bits per heavy atom. The molecule has 5 nitrogen and oxygen atoms in total. The minimum absolute atomic E-state index is 0.0636. The molecule has 5 heteroatoms. The lowest BCUT2D eigenvalue weighted by molar-refractivity contribution is 0.0368. The molecule has 0 fully saturated rings. The quantitative estimate of drug-likeness (QED) is 0.626. The molecule has 0 spiro atoms. The van der Waals surface area contributed by atoms with Crippen molar-refractivity contribution in [2.45, 2.75) is 20.0 Å². The van der Waals surface area contributed by atoms with Crippen molar-refractivity contribution in [3.05, 3.63) is 6.20 Å². The van der Waals surface area contributed by atoms with Gasteiger partial charge in [0.25, 0.3) is 0 Å². The molecule has 62 valence electrons. The standard InChI is InChI=1S/C6H12N4O/c1-4(2)11-10-3-5(7)6(8)9-10/h3-4H,7H2,1-2H3,(H2,8,9). The molecule has 0 aromatic carbocycles. The Hall–Kier alpha value is -1.39. The maximum absolute atomic E-state index is 5.43. The Labute approximate surface area is 64.9 Å². The Kier molecular flexibility index (Phi) is 1.89. The third kappa shape index (κ3) is 1.76. The van der Waals surface area contributed by atoms with Crippen LogP contribution in [0.15, 0.2) is 6.20 Å². The van der Waals surface area contributed by atoms with E-state index in [1.54, 1.807) is 0 Å². The highest BCUT2D eigenvalue weighted by molar-refractivity contribution is 5.55. The molecule has 0 saturated carbocycles. The zero-order valence-corrected chi connectivity index (χ0v) is 6.61. The summed E-state index contributed by atoms with van der Waals surface area (Å²) in [7, 11) is 0. The van der Waals surface area contributed by atoms with Gasteiger partial charge in [0.2, 0.25) is 0 Å². The smallest absolute Gasteiger partial charge is 0.172 e. The van der Waals surface area contributed by atoms with Crippen molar-refractivity contribution < 1.29 is 4.84 Å². The van der Waals surface area contributed by atoms with Crippen molar-refractivity contribution in [3.8, 4) is 0 Å². The molecule has 1 aromatic rings. The molecule has 0 atom stereocenters. The topological polar surface area (TPSA) is 79.1 Å². The van der Waals surface area contributed by atoms with Gasteiger partial charge in [-0.15, -0.1) is 9.94 Å². The van der Waals surface area contributed by atoms with Crippen LogP contribution in [0.3, 0.4) is 0 Å². The summed E-state index contributed by atoms with van der Waals surface area (Å²) in [5, 5.41) is 3.80. The zero-order chi connectivity index (χ0) is 8.43. The van der Waals surface area contributed by atoms with E-state index in [0.717, 1.165) is 0 Å². The van der Waals surface area contributed by atoms with Crippen LogP contribution in [0.4, 0.5) is 11.5 Å². The van der Waals surface area contributed by atoms with Gasteiger partial charge in [0, 0.05) is 0 Å². The number of hydrogen-bond donors (Lipinski definition) is 2. The maximum Gasteiger partial charge on any atom is 0.172 e. The molecule has 1 aromatic heterocycles. The van der Waals surface area contributed by atoms with Crippen LogP contribution in [0.1, 0.15) is 13.8 Å². The van der Waals surface area contributed by atoms with Crippen LogP contribution in [0, 0.1) is 0 Å². The van der Waals surface area contributed by atoms with Crippen LogP contribution >= 0.6 is 0 Å². The summed E-state index contributed by atoms with van der Waals surface area (Å²) in [6, 6.07) is 0. The molecule has 0 aliphatic carbocycles. The fraction of sp³-hybridized carbons (Fsp3) is 0.500. The number of aromatic nitrogens is 2. The van der Waals surface area contributed by atoms with Gasteiger partial charge in [-0.25, -0.2) is 0 Å². The van der Waals surface area contributed by atoms with Gasteiger partial charge in [-0.05, 0) is 13.8 Å². The van der Waals surface area contributed by atoms with Gasteiger partial charge in [-0.2, -0.15) is 0 Å². The summed E-state index contributed by atoms with van der Waals surface area (Å²) in [5.41, 5.74) is 11.2. The first-order chi connectivity index (χ1) is 5.09. The lowest BCUT2D eigenvalue weighted by atomic mass is 10.5. The highest BCUT2D eigenvalue weighted by Crippen LogP contribution is 2.08. The molecular formula is C6H12N4O. The van der Waals surface area contributed by atoms with Crippen LogP contribution in [-0.2, 0) is 0 Å². The van der Waals surface area contributed by atoms with Gasteiger partial charge in [-0.3, -0.25) is 0 Å². The van der Waals surface area contributed by atoms with Gasteiger partial charge in [0.05, 0.1) is 11.9 Å².